The lowest BCUT2D eigenvalue weighted by molar-refractivity contribution is 0.0944. The fourth-order valence-corrected chi connectivity index (χ4v) is 10.7. The number of benzene rings is 1. The van der Waals surface area contributed by atoms with Gasteiger partial charge >= 0.3 is 0 Å². The molecule has 9 aromatic rings. The van der Waals surface area contributed by atoms with Crippen LogP contribution < -0.4 is 20.9 Å². The Balaban J connectivity index is 0.000000154. The molecule has 0 spiro atoms. The average molecular weight is 1020 g/mol. The van der Waals surface area contributed by atoms with E-state index < -0.39 is 0 Å². The third kappa shape index (κ3) is 9.63. The number of alkyl halides is 2. The van der Waals surface area contributed by atoms with Crippen molar-refractivity contribution < 1.29 is 18.4 Å². The highest BCUT2D eigenvalue weighted by Crippen LogP contribution is 2.37. The quantitative estimate of drug-likeness (QED) is 0.0877. The second kappa shape index (κ2) is 20.5. The summed E-state index contributed by atoms with van der Waals surface area (Å²) in [6.45, 7) is 4.24. The molecule has 13 rings (SSSR count). The number of nitrogens with zero attached hydrogens (tertiary/aromatic N) is 13. The SMILES string of the molecule is CN(Cc1ccccc1)c1cc(-c2cn([C@@H]3CCN(CCF)C3)c3ncccc23)nc2c(C(=O)NC3CC3)cnn12.CNc1cc(-c2cn([C@@H]3CCN(CCF)C3)c3ncccc23)nc2c(C(=O)NC3CC3)cnn12. The smallest absolute Gasteiger partial charge is 0.256 e. The summed E-state index contributed by atoms with van der Waals surface area (Å²) in [5, 5.41) is 20.3. The average Bonchev–Trinajstić information content (AvgIpc) is 3.92. The van der Waals surface area contributed by atoms with Crippen molar-refractivity contribution in [2.45, 2.75) is 69.2 Å². The first kappa shape index (κ1) is 48.1. The number of pyridine rings is 2. The van der Waals surface area contributed by atoms with Gasteiger partial charge in [0.15, 0.2) is 11.3 Å². The molecule has 2 aliphatic heterocycles. The monoisotopic (exact) mass is 1010 g/mol. The number of nitrogens with one attached hydrogen (secondary N) is 3. The lowest BCUT2D eigenvalue weighted by Gasteiger charge is -2.21. The van der Waals surface area contributed by atoms with E-state index >= 15 is 0 Å². The Kier molecular flexibility index (Phi) is 13.1. The molecular weight excluding hydrogens is 955 g/mol. The highest BCUT2D eigenvalue weighted by Gasteiger charge is 2.31. The van der Waals surface area contributed by atoms with Gasteiger partial charge in [-0.1, -0.05) is 30.3 Å². The van der Waals surface area contributed by atoms with Gasteiger partial charge in [-0.2, -0.15) is 19.2 Å². The number of amides is 2. The molecule has 75 heavy (non-hydrogen) atoms. The van der Waals surface area contributed by atoms with E-state index in [2.05, 4.69) is 85.6 Å². The van der Waals surface area contributed by atoms with Crippen molar-refractivity contribution >= 4 is 56.8 Å². The second-order valence-electron chi connectivity index (χ2n) is 20.2. The predicted molar refractivity (Wildman–Crippen MR) is 285 cm³/mol. The summed E-state index contributed by atoms with van der Waals surface area (Å²) in [7, 11) is 3.85. The van der Waals surface area contributed by atoms with Crippen molar-refractivity contribution in [2.75, 3.05) is 76.9 Å². The van der Waals surface area contributed by atoms with Crippen LogP contribution in [0.4, 0.5) is 20.4 Å². The third-order valence-electron chi connectivity index (χ3n) is 15.0. The highest BCUT2D eigenvalue weighted by atomic mass is 19.1. The molecule has 0 unspecified atom stereocenters. The fourth-order valence-electron chi connectivity index (χ4n) is 10.7. The van der Waals surface area contributed by atoms with Gasteiger partial charge in [0.05, 0.1) is 23.8 Å². The maximum Gasteiger partial charge on any atom is 0.256 e. The Morgan fingerprint density at radius 1 is 0.653 bits per heavy atom. The van der Waals surface area contributed by atoms with E-state index in [1.165, 1.54) is 5.56 Å². The molecule has 8 aromatic heterocycles. The van der Waals surface area contributed by atoms with Crippen LogP contribution in [0.25, 0.3) is 55.9 Å². The molecule has 4 fully saturated rings. The maximum absolute atomic E-state index is 13.2. The summed E-state index contributed by atoms with van der Waals surface area (Å²) in [6.07, 6.45) is 16.9. The molecule has 0 bridgehead atoms. The number of halogens is 2. The standard InChI is InChI=1S/C31H33FN8O.C24H27FN8O/c1-37(18-21-6-3-2-4-7-21)28-16-27(36-30-25(17-34-40(28)30)31(41)35-22-9-10-22)26-20-39(29-24(26)8-5-13-33-29)23-11-14-38(19-23)15-12-32;1-26-21-11-20(30-23-18(12-28-33(21)23)24(34)29-15-4-5-15)19-14-32(22-17(19)3-2-8-27-22)16-6-9-31(13-16)10-7-25/h2-8,13,16-17,20,22-23H,9-12,14-15,18-19H2,1H3,(H,35,41);2-3,8,11-12,14-16,26H,4-7,9-10,13H2,1H3,(H,29,34)/t23-;16-/m11/s1. The summed E-state index contributed by atoms with van der Waals surface area (Å²) in [5.41, 5.74) is 8.29. The van der Waals surface area contributed by atoms with Gasteiger partial charge in [0.1, 0.15) is 47.4 Å². The Morgan fingerprint density at radius 3 is 1.69 bits per heavy atom. The summed E-state index contributed by atoms with van der Waals surface area (Å²) < 4.78 is 33.8. The number of rotatable bonds is 16. The molecule has 2 saturated heterocycles. The summed E-state index contributed by atoms with van der Waals surface area (Å²) in [5.74, 6) is 1.28. The van der Waals surface area contributed by atoms with Crippen molar-refractivity contribution in [1.82, 2.24) is 68.7 Å². The van der Waals surface area contributed by atoms with E-state index in [9.17, 15) is 18.4 Å². The Bertz CT molecular complexity index is 3540. The molecule has 2 amide bonds. The first-order valence-electron chi connectivity index (χ1n) is 26.1. The van der Waals surface area contributed by atoms with Crippen LogP contribution in [0.2, 0.25) is 0 Å². The fraction of sp³-hybridized carbons (Fsp3) is 0.382. The molecule has 18 nitrogen and oxygen atoms in total. The van der Waals surface area contributed by atoms with Gasteiger partial charge in [-0.05, 0) is 68.4 Å². The lowest BCUT2D eigenvalue weighted by atomic mass is 10.1. The van der Waals surface area contributed by atoms with E-state index in [-0.39, 0.29) is 49.3 Å². The van der Waals surface area contributed by atoms with Crippen molar-refractivity contribution in [3.05, 3.63) is 121 Å². The Labute approximate surface area is 431 Å². The van der Waals surface area contributed by atoms with Crippen LogP contribution in [0.1, 0.15) is 76.9 Å². The Hall–Kier alpha value is -7.84. The molecule has 0 radical (unpaired) electrons. The largest absolute Gasteiger partial charge is 0.373 e. The zero-order valence-electron chi connectivity index (χ0n) is 42.1. The minimum absolute atomic E-state index is 0.146. The van der Waals surface area contributed by atoms with Crippen LogP contribution in [-0.2, 0) is 6.54 Å². The molecule has 10 heterocycles. The molecule has 386 valence electrons. The van der Waals surface area contributed by atoms with Crippen molar-refractivity contribution in [1.29, 1.82) is 0 Å². The van der Waals surface area contributed by atoms with Crippen molar-refractivity contribution in [3.63, 3.8) is 0 Å². The van der Waals surface area contributed by atoms with E-state index in [4.69, 9.17) is 15.0 Å². The molecule has 4 aliphatic rings. The number of fused-ring (bicyclic) bond motifs is 4. The maximum atomic E-state index is 13.2. The minimum atomic E-state index is -0.339. The number of likely N-dealkylation sites (tertiary alicyclic amines) is 2. The molecule has 2 atom stereocenters. The molecule has 3 N–H and O–H groups in total. The zero-order chi connectivity index (χ0) is 51.2. The summed E-state index contributed by atoms with van der Waals surface area (Å²) in [4.78, 5) is 51.8. The first-order valence-corrected chi connectivity index (χ1v) is 26.1. The number of hydrogen-bond donors (Lipinski definition) is 3. The lowest BCUT2D eigenvalue weighted by Crippen LogP contribution is -2.25. The van der Waals surface area contributed by atoms with Crippen LogP contribution >= 0.6 is 0 Å². The van der Waals surface area contributed by atoms with Crippen molar-refractivity contribution in [2.24, 2.45) is 0 Å². The molecule has 2 aliphatic carbocycles. The van der Waals surface area contributed by atoms with Crippen LogP contribution in [0.5, 0.6) is 0 Å². The molecule has 2 saturated carbocycles. The Morgan fingerprint density at radius 2 is 1.17 bits per heavy atom. The molecule has 1 aromatic carbocycles. The van der Waals surface area contributed by atoms with E-state index in [0.717, 1.165) is 121 Å². The third-order valence-corrected chi connectivity index (χ3v) is 15.0. The topological polar surface area (TPSA) is 176 Å². The van der Waals surface area contributed by atoms with Crippen LogP contribution in [0.3, 0.4) is 0 Å². The number of anilines is 2. The van der Waals surface area contributed by atoms with Gasteiger partial charge in [-0.25, -0.2) is 28.7 Å². The molecular formula is C55H60F2N16O2. The van der Waals surface area contributed by atoms with Gasteiger partial charge < -0.3 is 30.0 Å². The predicted octanol–water partition coefficient (Wildman–Crippen LogP) is 7.39. The second-order valence-corrected chi connectivity index (χ2v) is 20.2. The number of carbonyl (C=O) groups is 2. The number of carbonyl (C=O) groups excluding carboxylic acids is 2. The highest BCUT2D eigenvalue weighted by molar-refractivity contribution is 6.02. The summed E-state index contributed by atoms with van der Waals surface area (Å²) >= 11 is 0. The van der Waals surface area contributed by atoms with E-state index in [1.54, 1.807) is 27.6 Å². The van der Waals surface area contributed by atoms with E-state index in [0.29, 0.717) is 42.1 Å². The first-order chi connectivity index (χ1) is 36.7. The van der Waals surface area contributed by atoms with Gasteiger partial charge in [-0.3, -0.25) is 19.4 Å². The van der Waals surface area contributed by atoms with Crippen LogP contribution in [-0.4, -0.2) is 149 Å². The molecule has 20 heteroatoms. The van der Waals surface area contributed by atoms with Crippen LogP contribution in [0, 0.1) is 0 Å². The van der Waals surface area contributed by atoms with Gasteiger partial charge in [0.2, 0.25) is 0 Å². The van der Waals surface area contributed by atoms with Gasteiger partial charge in [0, 0.05) is 143 Å². The normalized spacial score (nSPS) is 18.0. The van der Waals surface area contributed by atoms with Crippen LogP contribution in [0.15, 0.2) is 104 Å². The summed E-state index contributed by atoms with van der Waals surface area (Å²) in [6, 6.07) is 23.1. The zero-order valence-corrected chi connectivity index (χ0v) is 42.1. The number of hydrogen-bond acceptors (Lipinski definition) is 12. The van der Waals surface area contributed by atoms with Gasteiger partial charge in [-0.15, -0.1) is 0 Å². The van der Waals surface area contributed by atoms with E-state index in [1.807, 2.05) is 68.8 Å². The minimum Gasteiger partial charge on any atom is -0.373 e. The van der Waals surface area contributed by atoms with Crippen molar-refractivity contribution in [3.8, 4) is 22.5 Å². The van der Waals surface area contributed by atoms with Gasteiger partial charge in [0.25, 0.3) is 11.8 Å². The number of aromatic nitrogens is 10.